The Morgan fingerprint density at radius 2 is 1.40 bits per heavy atom. The van der Waals surface area contributed by atoms with Gasteiger partial charge in [-0.1, -0.05) is 26.3 Å². The summed E-state index contributed by atoms with van der Waals surface area (Å²) in [6, 6.07) is 14.2. The van der Waals surface area contributed by atoms with Crippen molar-refractivity contribution >= 4 is 52.2 Å². The quantitative estimate of drug-likeness (QED) is 0.0522. The van der Waals surface area contributed by atoms with Gasteiger partial charge in [-0.2, -0.15) is 5.10 Å². The molecule has 3 fully saturated rings. The molecule has 62 heavy (non-hydrogen) atoms. The van der Waals surface area contributed by atoms with Crippen molar-refractivity contribution in [2.45, 2.75) is 90.5 Å². The average molecular weight is 862 g/mol. The number of aromatic nitrogens is 2. The van der Waals surface area contributed by atoms with E-state index >= 15 is 4.39 Å². The van der Waals surface area contributed by atoms with E-state index in [0.717, 1.165) is 58.0 Å². The molecule has 2 aliphatic heterocycles. The molecule has 0 unspecified atom stereocenters. The minimum atomic E-state index is -0.822. The average Bonchev–Trinajstić information content (AvgIpc) is 3.58. The number of nitrogens with one attached hydrogen (secondary N) is 1. The first-order valence-electron chi connectivity index (χ1n) is 20.7. The standard InChI is InChI=1S/C32H37FN6O7.C8H7NO4.C3H8/c1-36-29-26(30(35-36)38-18-14-27(40)34-31(38)41)11-10-25(28(29)33)21-12-16-37(17-13-21)22-4-2-20(3-5-22)15-19-45-32(42)46-24-8-6-23(7-9-24)39(43)44;1-6(10)13-8-4-2-7(3-5-8)9(11)12;1-3-2/h6-11,20-22H,2-5,12-19H2,1H3,(H,34,40,41);2-5H,1H3;3H2,1-2H3. The number of nitrogens with zero attached hydrogens (tertiary/aromatic N) is 6. The molecule has 18 nitrogen and oxygen atoms in total. The predicted molar refractivity (Wildman–Crippen MR) is 226 cm³/mol. The van der Waals surface area contributed by atoms with Gasteiger partial charge in [0.05, 0.1) is 16.5 Å². The lowest BCUT2D eigenvalue weighted by molar-refractivity contribution is -0.385. The number of nitro benzene ring substituents is 2. The maximum absolute atomic E-state index is 15.9. The molecule has 1 aliphatic carbocycles. The van der Waals surface area contributed by atoms with Crippen LogP contribution in [0.4, 0.5) is 31.2 Å². The first kappa shape index (κ1) is 46.6. The van der Waals surface area contributed by atoms with Crippen molar-refractivity contribution in [1.29, 1.82) is 0 Å². The Labute approximate surface area is 357 Å². The molecule has 3 amide bonds. The number of hydrogen-bond donors (Lipinski definition) is 1. The van der Waals surface area contributed by atoms with Crippen LogP contribution in [-0.4, -0.2) is 80.9 Å². The van der Waals surface area contributed by atoms with Crippen molar-refractivity contribution in [2.75, 3.05) is 31.1 Å². The number of fused-ring (bicyclic) bond motifs is 1. The van der Waals surface area contributed by atoms with E-state index in [0.29, 0.717) is 40.0 Å². The second kappa shape index (κ2) is 21.8. The molecule has 0 radical (unpaired) electrons. The Morgan fingerprint density at radius 1 is 0.839 bits per heavy atom. The van der Waals surface area contributed by atoms with E-state index in [2.05, 4.69) is 33.9 Å². The van der Waals surface area contributed by atoms with Gasteiger partial charge in [0, 0.05) is 62.6 Å². The number of non-ortho nitro benzene ring substituents is 2. The van der Waals surface area contributed by atoms with Gasteiger partial charge in [-0.25, -0.2) is 14.0 Å². The van der Waals surface area contributed by atoms with Crippen LogP contribution in [0.25, 0.3) is 10.9 Å². The summed E-state index contributed by atoms with van der Waals surface area (Å²) in [4.78, 5) is 70.3. The zero-order valence-corrected chi connectivity index (χ0v) is 35.2. The van der Waals surface area contributed by atoms with Crippen LogP contribution >= 0.6 is 0 Å². The molecule has 19 heteroatoms. The molecule has 0 bridgehead atoms. The summed E-state index contributed by atoms with van der Waals surface area (Å²) in [5, 5.41) is 28.3. The molecule has 4 aromatic rings. The number of rotatable bonds is 10. The fourth-order valence-electron chi connectivity index (χ4n) is 7.85. The highest BCUT2D eigenvalue weighted by Crippen LogP contribution is 2.38. The van der Waals surface area contributed by atoms with E-state index in [-0.39, 0.29) is 54.3 Å². The number of ether oxygens (including phenoxy) is 3. The van der Waals surface area contributed by atoms with Gasteiger partial charge in [-0.05, 0) is 106 Å². The Morgan fingerprint density at radius 3 is 1.94 bits per heavy atom. The van der Waals surface area contributed by atoms with Crippen LogP contribution in [0.1, 0.15) is 90.0 Å². The van der Waals surface area contributed by atoms with Crippen molar-refractivity contribution < 1.29 is 47.6 Å². The van der Waals surface area contributed by atoms with Crippen LogP contribution in [0.5, 0.6) is 11.5 Å². The van der Waals surface area contributed by atoms with Gasteiger partial charge in [0.25, 0.3) is 11.4 Å². The number of halogens is 1. The molecule has 332 valence electrons. The summed E-state index contributed by atoms with van der Waals surface area (Å²) >= 11 is 0. The lowest BCUT2D eigenvalue weighted by Crippen LogP contribution is -2.49. The third-order valence-electron chi connectivity index (χ3n) is 10.9. The number of nitro groups is 2. The Kier molecular flexibility index (Phi) is 16.4. The lowest BCUT2D eigenvalue weighted by Gasteiger charge is -2.41. The molecule has 1 saturated carbocycles. The number of imide groups is 1. The third-order valence-corrected chi connectivity index (χ3v) is 10.9. The van der Waals surface area contributed by atoms with Crippen LogP contribution in [0, 0.1) is 32.0 Å². The second-order valence-corrected chi connectivity index (χ2v) is 15.3. The number of amides is 3. The molecule has 3 aromatic carbocycles. The molecule has 3 aliphatic rings. The van der Waals surface area contributed by atoms with E-state index in [1.807, 2.05) is 12.1 Å². The minimum Gasteiger partial charge on any atom is -0.434 e. The molecule has 7 rings (SSSR count). The highest BCUT2D eigenvalue weighted by Gasteiger charge is 2.33. The van der Waals surface area contributed by atoms with Crippen molar-refractivity contribution in [3.63, 3.8) is 0 Å². The van der Waals surface area contributed by atoms with Gasteiger partial charge in [0.2, 0.25) is 5.91 Å². The van der Waals surface area contributed by atoms with Crippen LogP contribution in [0.2, 0.25) is 0 Å². The topological polar surface area (TPSA) is 219 Å². The van der Waals surface area contributed by atoms with Gasteiger partial charge in [0.15, 0.2) is 11.6 Å². The van der Waals surface area contributed by atoms with E-state index in [4.69, 9.17) is 9.47 Å². The predicted octanol–water partition coefficient (Wildman–Crippen LogP) is 8.35. The van der Waals surface area contributed by atoms with Crippen LogP contribution in [0.15, 0.2) is 60.7 Å². The van der Waals surface area contributed by atoms with Gasteiger partial charge in [-0.15, -0.1) is 0 Å². The van der Waals surface area contributed by atoms with E-state index in [9.17, 15) is 39.4 Å². The highest BCUT2D eigenvalue weighted by molar-refractivity contribution is 6.09. The van der Waals surface area contributed by atoms with Crippen LogP contribution in [0.3, 0.4) is 0 Å². The Bertz CT molecular complexity index is 2220. The van der Waals surface area contributed by atoms with E-state index < -0.39 is 28.0 Å². The van der Waals surface area contributed by atoms with Crippen molar-refractivity contribution in [2.24, 2.45) is 13.0 Å². The SMILES string of the molecule is CC(=O)Oc1ccc([N+](=O)[O-])cc1.CCC.Cn1nc(N2CCC(=O)NC2=O)c2ccc(C3CCN(C4CCC(CCOC(=O)Oc5ccc([N+](=O)[O-])cc5)CC4)CC3)c(F)c21. The van der Waals surface area contributed by atoms with Crippen molar-refractivity contribution in [3.8, 4) is 11.5 Å². The molecule has 0 atom stereocenters. The van der Waals surface area contributed by atoms with Gasteiger partial charge in [-0.3, -0.25) is 44.7 Å². The summed E-state index contributed by atoms with van der Waals surface area (Å²) in [6.45, 7) is 7.77. The molecule has 3 heterocycles. The Hall–Kier alpha value is -6.50. The zero-order chi connectivity index (χ0) is 44.9. The number of benzene rings is 3. The molecule has 1 N–H and O–H groups in total. The van der Waals surface area contributed by atoms with E-state index in [1.54, 1.807) is 7.05 Å². The molecule has 0 spiro atoms. The number of urea groups is 1. The number of piperidine rings is 1. The fourth-order valence-corrected chi connectivity index (χ4v) is 7.85. The number of esters is 1. The number of aryl methyl sites for hydroxylation is 1. The summed E-state index contributed by atoms with van der Waals surface area (Å²) in [5.41, 5.74) is 0.924. The third kappa shape index (κ3) is 12.3. The Balaban J connectivity index is 0.000000384. The normalized spacial score (nSPS) is 18.0. The van der Waals surface area contributed by atoms with Gasteiger partial charge >= 0.3 is 18.2 Å². The second-order valence-electron chi connectivity index (χ2n) is 15.3. The molecule has 2 saturated heterocycles. The smallest absolute Gasteiger partial charge is 0.434 e. The van der Waals surface area contributed by atoms with E-state index in [1.165, 1.54) is 71.5 Å². The monoisotopic (exact) mass is 861 g/mol. The maximum Gasteiger partial charge on any atom is 0.513 e. The number of anilines is 1. The number of likely N-dealkylation sites (tertiary alicyclic amines) is 1. The summed E-state index contributed by atoms with van der Waals surface area (Å²) in [5.74, 6) is 0.320. The van der Waals surface area contributed by atoms with Crippen molar-refractivity contribution in [3.05, 3.63) is 92.3 Å². The van der Waals surface area contributed by atoms with Gasteiger partial charge in [0.1, 0.15) is 17.0 Å². The number of carbonyl (C=O) groups excluding carboxylic acids is 4. The van der Waals surface area contributed by atoms with Crippen molar-refractivity contribution in [1.82, 2.24) is 20.0 Å². The minimum absolute atomic E-state index is 0.0316. The number of hydrogen-bond acceptors (Lipinski definition) is 13. The molecular weight excluding hydrogens is 810 g/mol. The number of carbonyl (C=O) groups is 4. The fraction of sp³-hybridized carbons (Fsp3) is 0.465. The first-order valence-corrected chi connectivity index (χ1v) is 20.7. The highest BCUT2D eigenvalue weighted by atomic mass is 19.1. The maximum atomic E-state index is 15.9. The zero-order valence-electron chi connectivity index (χ0n) is 35.2. The summed E-state index contributed by atoms with van der Waals surface area (Å²) in [7, 11) is 1.67. The first-order chi connectivity index (χ1) is 29.7. The summed E-state index contributed by atoms with van der Waals surface area (Å²) in [6.07, 6.45) is 7.28. The molecule has 1 aromatic heterocycles. The lowest BCUT2D eigenvalue weighted by atomic mass is 9.82. The van der Waals surface area contributed by atoms with Crippen LogP contribution in [-0.2, 0) is 21.4 Å². The summed E-state index contributed by atoms with van der Waals surface area (Å²) < 4.78 is 32.4. The molecular formula is C43H52FN7O11. The largest absolute Gasteiger partial charge is 0.513 e. The van der Waals surface area contributed by atoms with Gasteiger partial charge < -0.3 is 19.1 Å². The van der Waals surface area contributed by atoms with Crippen LogP contribution < -0.4 is 19.7 Å².